The van der Waals surface area contributed by atoms with Crippen molar-refractivity contribution in [2.75, 3.05) is 0 Å². The molecule has 2 rings (SSSR count). The summed E-state index contributed by atoms with van der Waals surface area (Å²) < 4.78 is 0. The zero-order chi connectivity index (χ0) is 11.5. The molecule has 0 unspecified atom stereocenters. The van der Waals surface area contributed by atoms with E-state index in [-0.39, 0.29) is 10.7 Å². The highest BCUT2D eigenvalue weighted by atomic mass is 32.1. The number of benzene rings is 1. The minimum atomic E-state index is 0.231. The number of aromatic nitrogens is 1. The molecular weight excluding hydrogens is 220 g/mol. The van der Waals surface area contributed by atoms with Crippen LogP contribution in [0.1, 0.15) is 5.69 Å². The number of pyridine rings is 1. The van der Waals surface area contributed by atoms with Gasteiger partial charge in [-0.3, -0.25) is 0 Å². The number of hydrogen-bond donors (Lipinski definition) is 2. The van der Waals surface area contributed by atoms with Crippen LogP contribution in [0.2, 0.25) is 0 Å². The molecule has 2 aromatic rings. The van der Waals surface area contributed by atoms with Crippen LogP contribution < -0.4 is 5.73 Å². The molecule has 4 heteroatoms. The average Bonchev–Trinajstić information content (AvgIpc) is 2.30. The van der Waals surface area contributed by atoms with Crippen LogP contribution in [0, 0.1) is 0 Å². The van der Waals surface area contributed by atoms with Crippen molar-refractivity contribution >= 4 is 17.2 Å². The zero-order valence-electron chi connectivity index (χ0n) is 8.42. The smallest absolute Gasteiger partial charge is 0.122 e. The van der Waals surface area contributed by atoms with Crippen LogP contribution in [0.3, 0.4) is 0 Å². The molecule has 0 atom stereocenters. The predicted octanol–water partition coefficient (Wildman–Crippen LogP) is 2.09. The summed E-state index contributed by atoms with van der Waals surface area (Å²) in [4.78, 5) is 4.60. The third-order valence-corrected chi connectivity index (χ3v) is 2.37. The number of hydrogen-bond acceptors (Lipinski definition) is 3. The van der Waals surface area contributed by atoms with E-state index in [1.165, 1.54) is 0 Å². The minimum absolute atomic E-state index is 0.231. The predicted molar refractivity (Wildman–Crippen MR) is 67.2 cm³/mol. The molecule has 0 saturated carbocycles. The Morgan fingerprint density at radius 2 is 1.81 bits per heavy atom. The van der Waals surface area contributed by atoms with Crippen LogP contribution in [-0.2, 0) is 0 Å². The minimum Gasteiger partial charge on any atom is -0.508 e. The SMILES string of the molecule is NC(=S)c1cccc(-c2ccc(O)cc2)n1. The highest BCUT2D eigenvalue weighted by molar-refractivity contribution is 7.80. The first-order valence-corrected chi connectivity index (χ1v) is 5.14. The van der Waals surface area contributed by atoms with Crippen molar-refractivity contribution in [3.63, 3.8) is 0 Å². The van der Waals surface area contributed by atoms with E-state index in [1.54, 1.807) is 30.3 Å². The van der Waals surface area contributed by atoms with Crippen LogP contribution >= 0.6 is 12.2 Å². The Hall–Kier alpha value is -1.94. The Kier molecular flexibility index (Phi) is 2.83. The summed E-state index contributed by atoms with van der Waals surface area (Å²) in [5, 5.41) is 9.19. The lowest BCUT2D eigenvalue weighted by atomic mass is 10.1. The number of nitrogens with two attached hydrogens (primary N) is 1. The maximum atomic E-state index is 9.19. The van der Waals surface area contributed by atoms with Crippen molar-refractivity contribution in [3.8, 4) is 17.0 Å². The van der Waals surface area contributed by atoms with Gasteiger partial charge in [0.2, 0.25) is 0 Å². The maximum Gasteiger partial charge on any atom is 0.122 e. The van der Waals surface area contributed by atoms with E-state index in [1.807, 2.05) is 12.1 Å². The highest BCUT2D eigenvalue weighted by Gasteiger charge is 2.02. The fourth-order valence-corrected chi connectivity index (χ4v) is 1.48. The maximum absolute atomic E-state index is 9.19. The summed E-state index contributed by atoms with van der Waals surface area (Å²) in [6.45, 7) is 0. The van der Waals surface area contributed by atoms with Crippen molar-refractivity contribution in [1.82, 2.24) is 4.98 Å². The molecule has 0 saturated heterocycles. The second-order valence-electron chi connectivity index (χ2n) is 3.32. The fraction of sp³-hybridized carbons (Fsp3) is 0. The lowest BCUT2D eigenvalue weighted by Crippen LogP contribution is -2.11. The van der Waals surface area contributed by atoms with Crippen molar-refractivity contribution in [3.05, 3.63) is 48.2 Å². The Bertz CT molecular complexity index is 523. The van der Waals surface area contributed by atoms with Gasteiger partial charge < -0.3 is 10.8 Å². The van der Waals surface area contributed by atoms with Gasteiger partial charge in [0.15, 0.2) is 0 Å². The number of phenolic OH excluding ortho intramolecular Hbond substituents is 1. The highest BCUT2D eigenvalue weighted by Crippen LogP contribution is 2.20. The average molecular weight is 230 g/mol. The van der Waals surface area contributed by atoms with E-state index in [0.29, 0.717) is 5.69 Å². The molecule has 0 aliphatic rings. The summed E-state index contributed by atoms with van der Waals surface area (Å²) in [5.41, 5.74) is 7.81. The standard InChI is InChI=1S/C12H10N2OS/c13-12(16)11-3-1-2-10(14-11)8-4-6-9(15)7-5-8/h1-7,15H,(H2,13,16). The topological polar surface area (TPSA) is 59.1 Å². The lowest BCUT2D eigenvalue weighted by Gasteiger charge is -2.03. The van der Waals surface area contributed by atoms with Crippen LogP contribution in [0.4, 0.5) is 0 Å². The Morgan fingerprint density at radius 1 is 1.12 bits per heavy atom. The van der Waals surface area contributed by atoms with E-state index >= 15 is 0 Å². The quantitative estimate of drug-likeness (QED) is 0.775. The van der Waals surface area contributed by atoms with Gasteiger partial charge in [0.25, 0.3) is 0 Å². The van der Waals surface area contributed by atoms with Crippen molar-refractivity contribution in [2.45, 2.75) is 0 Å². The monoisotopic (exact) mass is 230 g/mol. The second-order valence-corrected chi connectivity index (χ2v) is 3.76. The molecule has 16 heavy (non-hydrogen) atoms. The number of aromatic hydroxyl groups is 1. The first kappa shape index (κ1) is 10.6. The number of rotatable bonds is 2. The molecular formula is C12H10N2OS. The van der Waals surface area contributed by atoms with Gasteiger partial charge in [0.1, 0.15) is 10.7 Å². The van der Waals surface area contributed by atoms with Crippen molar-refractivity contribution < 1.29 is 5.11 Å². The number of nitrogens with zero attached hydrogens (tertiary/aromatic N) is 1. The fourth-order valence-electron chi connectivity index (χ4n) is 1.36. The Morgan fingerprint density at radius 3 is 2.44 bits per heavy atom. The molecule has 3 N–H and O–H groups in total. The van der Waals surface area contributed by atoms with E-state index in [4.69, 9.17) is 18.0 Å². The van der Waals surface area contributed by atoms with Gasteiger partial charge in [0.05, 0.1) is 11.4 Å². The van der Waals surface area contributed by atoms with Gasteiger partial charge in [-0.2, -0.15) is 0 Å². The van der Waals surface area contributed by atoms with E-state index in [0.717, 1.165) is 11.3 Å². The first-order chi connectivity index (χ1) is 7.66. The first-order valence-electron chi connectivity index (χ1n) is 4.73. The molecule has 1 aromatic carbocycles. The number of phenols is 1. The second kappa shape index (κ2) is 4.28. The zero-order valence-corrected chi connectivity index (χ0v) is 9.24. The summed E-state index contributed by atoms with van der Waals surface area (Å²) >= 11 is 4.87. The largest absolute Gasteiger partial charge is 0.508 e. The van der Waals surface area contributed by atoms with Crippen LogP contribution in [0.25, 0.3) is 11.3 Å². The molecule has 1 aromatic heterocycles. The van der Waals surface area contributed by atoms with E-state index in [9.17, 15) is 5.11 Å². The molecule has 0 amide bonds. The van der Waals surface area contributed by atoms with Gasteiger partial charge in [0, 0.05) is 5.56 Å². The van der Waals surface area contributed by atoms with Crippen molar-refractivity contribution in [1.29, 1.82) is 0 Å². The molecule has 0 spiro atoms. The van der Waals surface area contributed by atoms with Gasteiger partial charge in [-0.25, -0.2) is 4.98 Å². The summed E-state index contributed by atoms with van der Waals surface area (Å²) in [6.07, 6.45) is 0. The molecule has 0 fully saturated rings. The molecule has 0 aliphatic heterocycles. The van der Waals surface area contributed by atoms with E-state index < -0.39 is 0 Å². The Labute approximate surface area is 98.6 Å². The Balaban J connectivity index is 2.44. The normalized spacial score (nSPS) is 10.0. The lowest BCUT2D eigenvalue weighted by molar-refractivity contribution is 0.475. The molecule has 0 radical (unpaired) electrons. The molecule has 0 aliphatic carbocycles. The van der Waals surface area contributed by atoms with Gasteiger partial charge in [-0.05, 0) is 36.4 Å². The van der Waals surface area contributed by atoms with Gasteiger partial charge >= 0.3 is 0 Å². The van der Waals surface area contributed by atoms with Crippen LogP contribution in [0.5, 0.6) is 5.75 Å². The van der Waals surface area contributed by atoms with Gasteiger partial charge in [-0.1, -0.05) is 18.3 Å². The number of thiocarbonyl (C=S) groups is 1. The third-order valence-electron chi connectivity index (χ3n) is 2.16. The molecule has 0 bridgehead atoms. The molecule has 1 heterocycles. The van der Waals surface area contributed by atoms with Crippen LogP contribution in [0.15, 0.2) is 42.5 Å². The van der Waals surface area contributed by atoms with Crippen molar-refractivity contribution in [2.24, 2.45) is 5.73 Å². The third kappa shape index (κ3) is 2.17. The summed E-state index contributed by atoms with van der Waals surface area (Å²) in [5.74, 6) is 0.231. The summed E-state index contributed by atoms with van der Waals surface area (Å²) in [6, 6.07) is 12.3. The summed E-state index contributed by atoms with van der Waals surface area (Å²) in [7, 11) is 0. The van der Waals surface area contributed by atoms with E-state index in [2.05, 4.69) is 4.98 Å². The van der Waals surface area contributed by atoms with Gasteiger partial charge in [-0.15, -0.1) is 0 Å². The molecule has 3 nitrogen and oxygen atoms in total. The van der Waals surface area contributed by atoms with Crippen LogP contribution in [-0.4, -0.2) is 15.1 Å². The molecule has 80 valence electrons.